The lowest BCUT2D eigenvalue weighted by Gasteiger charge is -2.07. The van der Waals surface area contributed by atoms with Crippen molar-refractivity contribution in [1.82, 2.24) is 9.88 Å². The van der Waals surface area contributed by atoms with Crippen LogP contribution in [0.4, 0.5) is 0 Å². The van der Waals surface area contributed by atoms with E-state index in [9.17, 15) is 0 Å². The maximum absolute atomic E-state index is 3.17. The second kappa shape index (κ2) is 6.11. The Hall–Kier alpha value is -0.410. The van der Waals surface area contributed by atoms with Crippen molar-refractivity contribution in [3.05, 3.63) is 24.0 Å². The van der Waals surface area contributed by atoms with Crippen molar-refractivity contribution in [2.45, 2.75) is 20.0 Å². The van der Waals surface area contributed by atoms with E-state index >= 15 is 0 Å². The maximum Gasteiger partial charge on any atom is 0.0356 e. The zero-order valence-corrected chi connectivity index (χ0v) is 9.23. The molecule has 74 valence electrons. The summed E-state index contributed by atoms with van der Waals surface area (Å²) in [4.78, 5) is 0. The van der Waals surface area contributed by atoms with Crippen LogP contribution < -0.4 is 5.32 Å². The second-order valence-corrected chi connectivity index (χ2v) is 4.31. The van der Waals surface area contributed by atoms with Crippen molar-refractivity contribution in [3.63, 3.8) is 0 Å². The third-order valence-electron chi connectivity index (χ3n) is 1.96. The normalized spacial score (nSPS) is 10.6. The number of thioether (sulfide) groups is 1. The third kappa shape index (κ3) is 3.44. The molecule has 0 radical (unpaired) electrons. The summed E-state index contributed by atoms with van der Waals surface area (Å²) in [6.07, 6.45) is 2.16. The summed E-state index contributed by atoms with van der Waals surface area (Å²) in [5, 5.41) is 3.17. The molecule has 3 heteroatoms. The summed E-state index contributed by atoms with van der Waals surface area (Å²) in [6, 6.07) is 4.29. The Bertz CT molecular complexity index is 233. The Balaban J connectivity index is 2.40. The van der Waals surface area contributed by atoms with Crippen molar-refractivity contribution >= 4 is 11.8 Å². The van der Waals surface area contributed by atoms with E-state index in [-0.39, 0.29) is 0 Å². The van der Waals surface area contributed by atoms with Crippen LogP contribution >= 0.6 is 11.8 Å². The molecule has 0 fully saturated rings. The van der Waals surface area contributed by atoms with Gasteiger partial charge in [-0.15, -0.1) is 0 Å². The molecule has 13 heavy (non-hydrogen) atoms. The molecule has 0 aliphatic carbocycles. The van der Waals surface area contributed by atoms with Gasteiger partial charge in [0.15, 0.2) is 0 Å². The van der Waals surface area contributed by atoms with E-state index < -0.39 is 0 Å². The number of nitrogens with zero attached hydrogens (tertiary/aromatic N) is 1. The highest BCUT2D eigenvalue weighted by molar-refractivity contribution is 7.99. The van der Waals surface area contributed by atoms with E-state index in [4.69, 9.17) is 0 Å². The first-order valence-corrected chi connectivity index (χ1v) is 5.90. The monoisotopic (exact) mass is 198 g/mol. The van der Waals surface area contributed by atoms with Gasteiger partial charge in [0, 0.05) is 30.7 Å². The highest BCUT2D eigenvalue weighted by Crippen LogP contribution is 2.05. The lowest BCUT2D eigenvalue weighted by molar-refractivity contribution is 0.681. The zero-order valence-electron chi connectivity index (χ0n) is 8.42. The molecule has 0 saturated heterocycles. The first kappa shape index (κ1) is 10.7. The van der Waals surface area contributed by atoms with E-state index in [1.165, 1.54) is 17.2 Å². The molecule has 0 aromatic carbocycles. The van der Waals surface area contributed by atoms with Gasteiger partial charge < -0.3 is 9.88 Å². The third-order valence-corrected chi connectivity index (χ3v) is 2.84. The van der Waals surface area contributed by atoms with Gasteiger partial charge in [0.2, 0.25) is 0 Å². The van der Waals surface area contributed by atoms with Gasteiger partial charge in [0.1, 0.15) is 0 Å². The molecule has 1 aromatic heterocycles. The summed E-state index contributed by atoms with van der Waals surface area (Å²) < 4.78 is 2.32. The second-order valence-electron chi connectivity index (χ2n) is 2.92. The molecular formula is C10H18N2S. The average molecular weight is 198 g/mol. The Morgan fingerprint density at radius 1 is 1.54 bits per heavy atom. The fourth-order valence-corrected chi connectivity index (χ4v) is 1.93. The van der Waals surface area contributed by atoms with Crippen LogP contribution in [0.1, 0.15) is 12.6 Å². The van der Waals surface area contributed by atoms with Gasteiger partial charge in [-0.05, 0) is 24.9 Å². The van der Waals surface area contributed by atoms with Crippen molar-refractivity contribution in [3.8, 4) is 0 Å². The molecule has 0 saturated carbocycles. The predicted octanol–water partition coefficient (Wildman–Crippen LogP) is 1.96. The summed E-state index contributed by atoms with van der Waals surface area (Å²) in [6.45, 7) is 4.29. The van der Waals surface area contributed by atoms with Crippen LogP contribution in [0.3, 0.4) is 0 Å². The fourth-order valence-electron chi connectivity index (χ4n) is 1.32. The minimum atomic E-state index is 0.962. The number of rotatable bonds is 6. The van der Waals surface area contributed by atoms with Crippen molar-refractivity contribution in [1.29, 1.82) is 0 Å². The van der Waals surface area contributed by atoms with Crippen LogP contribution in [0, 0.1) is 0 Å². The van der Waals surface area contributed by atoms with E-state index in [0.29, 0.717) is 0 Å². The SMILES string of the molecule is CCSCCn1cccc1CNC. The van der Waals surface area contributed by atoms with E-state index in [2.05, 4.69) is 35.1 Å². The van der Waals surface area contributed by atoms with E-state index in [1.807, 2.05) is 18.8 Å². The maximum atomic E-state index is 3.17. The lowest BCUT2D eigenvalue weighted by Crippen LogP contribution is -2.11. The molecule has 1 heterocycles. The van der Waals surface area contributed by atoms with Gasteiger partial charge in [-0.1, -0.05) is 6.92 Å². The molecule has 0 aliphatic heterocycles. The number of aromatic nitrogens is 1. The first-order chi connectivity index (χ1) is 6.38. The highest BCUT2D eigenvalue weighted by Gasteiger charge is 1.98. The van der Waals surface area contributed by atoms with Crippen LogP contribution in [-0.4, -0.2) is 23.1 Å². The Labute approximate surface area is 84.7 Å². The van der Waals surface area contributed by atoms with Crippen LogP contribution in [0.15, 0.2) is 18.3 Å². The molecule has 0 aliphatic rings. The molecule has 0 bridgehead atoms. The van der Waals surface area contributed by atoms with Gasteiger partial charge in [-0.2, -0.15) is 11.8 Å². The summed E-state index contributed by atoms with van der Waals surface area (Å²) in [5.74, 6) is 2.42. The molecule has 0 amide bonds. The molecule has 1 rings (SSSR count). The standard InChI is InChI=1S/C10H18N2S/c1-3-13-8-7-12-6-4-5-10(12)9-11-2/h4-6,11H,3,7-9H2,1-2H3. The van der Waals surface area contributed by atoms with Gasteiger partial charge in [-0.25, -0.2) is 0 Å². The molecule has 1 N–H and O–H groups in total. The Kier molecular flexibility index (Phi) is 5.01. The van der Waals surface area contributed by atoms with Crippen molar-refractivity contribution in [2.75, 3.05) is 18.6 Å². The van der Waals surface area contributed by atoms with Crippen LogP contribution in [0.2, 0.25) is 0 Å². The number of hydrogen-bond donors (Lipinski definition) is 1. The Morgan fingerprint density at radius 3 is 3.08 bits per heavy atom. The smallest absolute Gasteiger partial charge is 0.0356 e. The lowest BCUT2D eigenvalue weighted by atomic mass is 10.4. The topological polar surface area (TPSA) is 17.0 Å². The minimum absolute atomic E-state index is 0.962. The summed E-state index contributed by atoms with van der Waals surface area (Å²) >= 11 is 1.99. The fraction of sp³-hybridized carbons (Fsp3) is 0.600. The van der Waals surface area contributed by atoms with E-state index in [1.54, 1.807) is 0 Å². The van der Waals surface area contributed by atoms with Crippen molar-refractivity contribution < 1.29 is 0 Å². The molecule has 1 aromatic rings. The van der Waals surface area contributed by atoms with Crippen LogP contribution in [-0.2, 0) is 13.1 Å². The van der Waals surface area contributed by atoms with Gasteiger partial charge in [-0.3, -0.25) is 0 Å². The molecular weight excluding hydrogens is 180 g/mol. The van der Waals surface area contributed by atoms with Gasteiger partial charge >= 0.3 is 0 Å². The number of aryl methyl sites for hydroxylation is 1. The summed E-state index contributed by atoms with van der Waals surface area (Å²) in [5.41, 5.74) is 1.37. The molecule has 0 unspecified atom stereocenters. The first-order valence-electron chi connectivity index (χ1n) is 4.74. The minimum Gasteiger partial charge on any atom is -0.349 e. The van der Waals surface area contributed by atoms with Crippen molar-refractivity contribution in [2.24, 2.45) is 0 Å². The number of nitrogens with one attached hydrogen (secondary N) is 1. The largest absolute Gasteiger partial charge is 0.349 e. The molecule has 2 nitrogen and oxygen atoms in total. The van der Waals surface area contributed by atoms with Crippen LogP contribution in [0.25, 0.3) is 0 Å². The molecule has 0 spiro atoms. The van der Waals surface area contributed by atoms with E-state index in [0.717, 1.165) is 13.1 Å². The predicted molar refractivity (Wildman–Crippen MR) is 60.2 cm³/mol. The van der Waals surface area contributed by atoms with Gasteiger partial charge in [0.05, 0.1) is 0 Å². The van der Waals surface area contributed by atoms with Gasteiger partial charge in [0.25, 0.3) is 0 Å². The highest BCUT2D eigenvalue weighted by atomic mass is 32.2. The zero-order chi connectivity index (χ0) is 9.52. The Morgan fingerprint density at radius 2 is 2.38 bits per heavy atom. The average Bonchev–Trinajstić information content (AvgIpc) is 2.54. The quantitative estimate of drug-likeness (QED) is 0.704. The number of hydrogen-bond acceptors (Lipinski definition) is 2. The van der Waals surface area contributed by atoms with Crippen LogP contribution in [0.5, 0.6) is 0 Å². The molecule has 0 atom stereocenters. The summed E-state index contributed by atoms with van der Waals surface area (Å²) in [7, 11) is 1.98.